The molecule has 0 aliphatic carbocycles. The van der Waals surface area contributed by atoms with Crippen LogP contribution in [0.5, 0.6) is 0 Å². The zero-order chi connectivity index (χ0) is 14.7. The molecule has 1 unspecified atom stereocenters. The largest absolute Gasteiger partial charge is 0.368 e. The number of carbonyl (C=O) groups excluding carboxylic acids is 1. The van der Waals surface area contributed by atoms with Crippen molar-refractivity contribution in [3.8, 4) is 0 Å². The van der Waals surface area contributed by atoms with Gasteiger partial charge in [0.25, 0.3) is 0 Å². The van der Waals surface area contributed by atoms with Gasteiger partial charge >= 0.3 is 0 Å². The Morgan fingerprint density at radius 3 is 2.21 bits per heavy atom. The molecule has 0 aromatic rings. The van der Waals surface area contributed by atoms with Gasteiger partial charge in [-0.2, -0.15) is 4.31 Å². The molecule has 7 nitrogen and oxygen atoms in total. The Hall–Kier alpha value is -0.700. The topological polar surface area (TPSA) is 110 Å². The molecular weight excluding hydrogens is 268 g/mol. The Kier molecular flexibility index (Phi) is 5.31. The molecule has 112 valence electrons. The minimum Gasteiger partial charge on any atom is -0.368 e. The van der Waals surface area contributed by atoms with Gasteiger partial charge in [-0.1, -0.05) is 0 Å². The highest BCUT2D eigenvalue weighted by atomic mass is 32.2. The zero-order valence-corrected chi connectivity index (χ0v) is 12.4. The fourth-order valence-electron chi connectivity index (χ4n) is 2.08. The summed E-state index contributed by atoms with van der Waals surface area (Å²) in [4.78, 5) is 13.2. The molecule has 0 bridgehead atoms. The molecule has 1 aliphatic rings. The molecule has 0 aromatic carbocycles. The highest BCUT2D eigenvalue weighted by Crippen LogP contribution is 2.11. The van der Waals surface area contributed by atoms with Gasteiger partial charge in [-0.3, -0.25) is 4.79 Å². The first-order valence-electron chi connectivity index (χ1n) is 6.39. The van der Waals surface area contributed by atoms with Crippen molar-refractivity contribution in [2.75, 3.05) is 39.0 Å². The van der Waals surface area contributed by atoms with E-state index in [-0.39, 0.29) is 0 Å². The molecule has 19 heavy (non-hydrogen) atoms. The third kappa shape index (κ3) is 5.06. The molecule has 1 amide bonds. The fourth-order valence-corrected chi connectivity index (χ4v) is 2.90. The van der Waals surface area contributed by atoms with Crippen molar-refractivity contribution in [1.29, 1.82) is 0 Å². The summed E-state index contributed by atoms with van der Waals surface area (Å²) in [6.07, 6.45) is 2.54. The van der Waals surface area contributed by atoms with E-state index in [0.29, 0.717) is 32.6 Å². The lowest BCUT2D eigenvalue weighted by molar-refractivity contribution is -0.122. The predicted molar refractivity (Wildman–Crippen MR) is 73.9 cm³/mol. The summed E-state index contributed by atoms with van der Waals surface area (Å²) in [5, 5.41) is 0. The monoisotopic (exact) mass is 292 g/mol. The molecule has 1 rings (SSSR count). The molecule has 1 saturated heterocycles. The van der Waals surface area contributed by atoms with E-state index in [2.05, 4.69) is 4.90 Å². The number of sulfonamides is 1. The first kappa shape index (κ1) is 16.4. The summed E-state index contributed by atoms with van der Waals surface area (Å²) < 4.78 is 24.2. The fraction of sp³-hybridized carbons (Fsp3) is 0.909. The Morgan fingerprint density at radius 1 is 1.26 bits per heavy atom. The van der Waals surface area contributed by atoms with Crippen LogP contribution in [0.2, 0.25) is 0 Å². The maximum Gasteiger partial charge on any atom is 0.237 e. The summed E-state index contributed by atoms with van der Waals surface area (Å²) in [5.74, 6) is -0.491. The molecule has 1 atom stereocenters. The van der Waals surface area contributed by atoms with E-state index in [1.54, 1.807) is 6.92 Å². The van der Waals surface area contributed by atoms with Crippen LogP contribution in [-0.4, -0.2) is 68.0 Å². The average molecular weight is 292 g/mol. The number of nitrogens with zero attached hydrogens (tertiary/aromatic N) is 2. The summed E-state index contributed by atoms with van der Waals surface area (Å²) in [6, 6.07) is 0. The van der Waals surface area contributed by atoms with Crippen molar-refractivity contribution in [2.24, 2.45) is 11.5 Å². The Morgan fingerprint density at radius 2 is 1.79 bits per heavy atom. The van der Waals surface area contributed by atoms with Crippen molar-refractivity contribution < 1.29 is 13.2 Å². The SMILES string of the molecule is CC(N)(CCCN1CCN(S(C)(=O)=O)CC1)C(N)=O. The number of piperazine rings is 1. The van der Waals surface area contributed by atoms with E-state index in [1.807, 2.05) is 0 Å². The summed E-state index contributed by atoms with van der Waals surface area (Å²) in [6.45, 7) is 4.91. The number of amides is 1. The third-order valence-corrected chi connectivity index (χ3v) is 4.84. The predicted octanol–water partition coefficient (Wildman–Crippen LogP) is -1.45. The second-order valence-corrected chi connectivity index (χ2v) is 7.37. The van der Waals surface area contributed by atoms with Gasteiger partial charge in [-0.05, 0) is 26.3 Å². The Balaban J connectivity index is 2.29. The van der Waals surface area contributed by atoms with Gasteiger partial charge in [-0.15, -0.1) is 0 Å². The second kappa shape index (κ2) is 6.17. The molecule has 0 saturated carbocycles. The molecule has 1 aliphatic heterocycles. The summed E-state index contributed by atoms with van der Waals surface area (Å²) in [7, 11) is -3.08. The van der Waals surface area contributed by atoms with Crippen molar-refractivity contribution >= 4 is 15.9 Å². The lowest BCUT2D eigenvalue weighted by atomic mass is 9.96. The lowest BCUT2D eigenvalue weighted by Crippen LogP contribution is -2.51. The minimum atomic E-state index is -3.08. The molecule has 0 aromatic heterocycles. The first-order chi connectivity index (χ1) is 8.63. The lowest BCUT2D eigenvalue weighted by Gasteiger charge is -2.33. The molecule has 8 heteroatoms. The van der Waals surface area contributed by atoms with Gasteiger partial charge in [0.1, 0.15) is 0 Å². The van der Waals surface area contributed by atoms with E-state index in [4.69, 9.17) is 11.5 Å². The standard InChI is InChI=1S/C11H24N4O3S/c1-11(13,10(12)16)4-3-5-14-6-8-15(9-7-14)19(2,17)18/h3-9,13H2,1-2H3,(H2,12,16). The van der Waals surface area contributed by atoms with E-state index in [0.717, 1.165) is 13.0 Å². The van der Waals surface area contributed by atoms with Crippen LogP contribution in [0.15, 0.2) is 0 Å². The maximum atomic E-state index is 11.4. The molecule has 4 N–H and O–H groups in total. The van der Waals surface area contributed by atoms with Crippen LogP contribution < -0.4 is 11.5 Å². The summed E-state index contributed by atoms with van der Waals surface area (Å²) >= 11 is 0. The second-order valence-electron chi connectivity index (χ2n) is 5.39. The van der Waals surface area contributed by atoms with Gasteiger partial charge in [0.15, 0.2) is 0 Å². The molecule has 1 heterocycles. The van der Waals surface area contributed by atoms with E-state index < -0.39 is 21.5 Å². The highest BCUT2D eigenvalue weighted by Gasteiger charge is 2.26. The number of hydrogen-bond donors (Lipinski definition) is 2. The number of rotatable bonds is 6. The van der Waals surface area contributed by atoms with Crippen LogP contribution in [0.4, 0.5) is 0 Å². The van der Waals surface area contributed by atoms with Crippen LogP contribution in [0, 0.1) is 0 Å². The number of hydrogen-bond acceptors (Lipinski definition) is 5. The molecular formula is C11H24N4O3S. The Labute approximate surface area is 115 Å². The van der Waals surface area contributed by atoms with Crippen molar-refractivity contribution in [1.82, 2.24) is 9.21 Å². The highest BCUT2D eigenvalue weighted by molar-refractivity contribution is 7.88. The number of nitrogens with two attached hydrogens (primary N) is 2. The van der Waals surface area contributed by atoms with Crippen molar-refractivity contribution in [3.63, 3.8) is 0 Å². The average Bonchev–Trinajstić information content (AvgIpc) is 2.28. The van der Waals surface area contributed by atoms with Crippen LogP contribution in [0.25, 0.3) is 0 Å². The van der Waals surface area contributed by atoms with Gasteiger partial charge in [0, 0.05) is 26.2 Å². The minimum absolute atomic E-state index is 0.491. The smallest absolute Gasteiger partial charge is 0.237 e. The van der Waals surface area contributed by atoms with Crippen LogP contribution in [-0.2, 0) is 14.8 Å². The van der Waals surface area contributed by atoms with Crippen LogP contribution in [0.1, 0.15) is 19.8 Å². The van der Waals surface area contributed by atoms with Gasteiger partial charge < -0.3 is 16.4 Å². The van der Waals surface area contributed by atoms with Crippen LogP contribution >= 0.6 is 0 Å². The van der Waals surface area contributed by atoms with Gasteiger partial charge in [-0.25, -0.2) is 8.42 Å². The van der Waals surface area contributed by atoms with Gasteiger partial charge in [0.2, 0.25) is 15.9 Å². The number of primary amides is 1. The quantitative estimate of drug-likeness (QED) is 0.622. The van der Waals surface area contributed by atoms with Crippen molar-refractivity contribution in [3.05, 3.63) is 0 Å². The first-order valence-corrected chi connectivity index (χ1v) is 8.24. The maximum absolute atomic E-state index is 11.4. The molecule has 1 fully saturated rings. The van der Waals surface area contributed by atoms with Crippen LogP contribution in [0.3, 0.4) is 0 Å². The normalized spacial score (nSPS) is 22.1. The van der Waals surface area contributed by atoms with E-state index in [9.17, 15) is 13.2 Å². The van der Waals surface area contributed by atoms with E-state index >= 15 is 0 Å². The third-order valence-electron chi connectivity index (χ3n) is 3.53. The zero-order valence-electron chi connectivity index (χ0n) is 11.6. The number of carbonyl (C=O) groups is 1. The van der Waals surface area contributed by atoms with Gasteiger partial charge in [0.05, 0.1) is 11.8 Å². The molecule has 0 radical (unpaired) electrons. The Bertz CT molecular complexity index is 414. The van der Waals surface area contributed by atoms with Crippen molar-refractivity contribution in [2.45, 2.75) is 25.3 Å². The summed E-state index contributed by atoms with van der Waals surface area (Å²) in [5.41, 5.74) is 10.0. The van der Waals surface area contributed by atoms with E-state index in [1.165, 1.54) is 10.6 Å². The molecule has 0 spiro atoms.